The highest BCUT2D eigenvalue weighted by molar-refractivity contribution is 7.81. The highest BCUT2D eigenvalue weighted by Gasteiger charge is 2.09. The van der Waals surface area contributed by atoms with Gasteiger partial charge < -0.3 is 4.74 Å². The first-order valence-electron chi connectivity index (χ1n) is 5.21. The third kappa shape index (κ3) is 4.84. The second-order valence-electron chi connectivity index (χ2n) is 3.21. The zero-order valence-electron chi connectivity index (χ0n) is 9.91. The van der Waals surface area contributed by atoms with Crippen LogP contribution < -0.4 is 10.6 Å². The minimum atomic E-state index is -4.11. The summed E-state index contributed by atoms with van der Waals surface area (Å²) in [6, 6.07) is 7.37. The fourth-order valence-corrected chi connectivity index (χ4v) is 1.57. The summed E-state index contributed by atoms with van der Waals surface area (Å²) in [5, 5.41) is 0. The highest BCUT2D eigenvalue weighted by atomic mass is 32.3. The molecule has 0 bridgehead atoms. The van der Waals surface area contributed by atoms with Gasteiger partial charge in [-0.25, -0.2) is 4.18 Å². The van der Waals surface area contributed by atoms with Crippen molar-refractivity contribution in [3.8, 4) is 5.75 Å². The predicted octanol–water partition coefficient (Wildman–Crippen LogP) is 1.25. The van der Waals surface area contributed by atoms with Crippen molar-refractivity contribution in [3.05, 3.63) is 35.9 Å². The van der Waals surface area contributed by atoms with E-state index in [0.29, 0.717) is 5.75 Å². The van der Waals surface area contributed by atoms with Crippen LogP contribution in [-0.4, -0.2) is 21.6 Å². The zero-order chi connectivity index (χ0) is 13.4. The van der Waals surface area contributed by atoms with Crippen LogP contribution in [0.2, 0.25) is 0 Å². The average Bonchev–Trinajstić information content (AvgIpc) is 2.37. The smallest absolute Gasteiger partial charge is 0.416 e. The minimum Gasteiger partial charge on any atom is -0.491 e. The lowest BCUT2D eigenvalue weighted by atomic mass is 10.2. The summed E-state index contributed by atoms with van der Waals surface area (Å²) in [7, 11) is -4.11. The van der Waals surface area contributed by atoms with Gasteiger partial charge in [0.05, 0.1) is 0 Å². The largest absolute Gasteiger partial charge is 0.491 e. The van der Waals surface area contributed by atoms with E-state index < -0.39 is 10.4 Å². The highest BCUT2D eigenvalue weighted by Crippen LogP contribution is 2.19. The van der Waals surface area contributed by atoms with Crippen LogP contribution in [0.15, 0.2) is 30.3 Å². The third-order valence-corrected chi connectivity index (χ3v) is 2.64. The van der Waals surface area contributed by atoms with Crippen LogP contribution in [0.3, 0.4) is 0 Å². The first-order valence-corrected chi connectivity index (χ1v) is 6.54. The lowest BCUT2D eigenvalue weighted by Gasteiger charge is -2.08. The molecule has 0 heterocycles. The Labute approximate surface area is 106 Å². The number of ether oxygens (including phenoxy) is 1. The van der Waals surface area contributed by atoms with E-state index in [-0.39, 0.29) is 13.2 Å². The van der Waals surface area contributed by atoms with Crippen LogP contribution in [0.1, 0.15) is 12.5 Å². The monoisotopic (exact) mass is 273 g/mol. The molecule has 0 fully saturated rings. The lowest BCUT2D eigenvalue weighted by molar-refractivity contribution is 0.179. The fraction of sp³-hybridized carbons (Fsp3) is 0.273. The molecule has 2 N–H and O–H groups in total. The van der Waals surface area contributed by atoms with Gasteiger partial charge in [-0.2, -0.15) is 18.6 Å². The Morgan fingerprint density at radius 1 is 1.28 bits per heavy atom. The van der Waals surface area contributed by atoms with Crippen LogP contribution in [0.25, 0.3) is 6.08 Å². The summed E-state index contributed by atoms with van der Waals surface area (Å²) < 4.78 is 34.9. The molecule has 1 rings (SSSR count). The van der Waals surface area contributed by atoms with Gasteiger partial charge in [0.1, 0.15) is 19.0 Å². The topological polar surface area (TPSA) is 87.8 Å². The predicted molar refractivity (Wildman–Crippen MR) is 66.8 cm³/mol. The first kappa shape index (κ1) is 14.7. The molecule has 1 aromatic carbocycles. The van der Waals surface area contributed by atoms with E-state index in [1.165, 1.54) is 0 Å². The van der Waals surface area contributed by atoms with Crippen LogP contribution in [0, 0.1) is 0 Å². The molecule has 0 aliphatic carbocycles. The molecule has 0 saturated heterocycles. The van der Waals surface area contributed by atoms with E-state index in [1.54, 1.807) is 6.07 Å². The Bertz CT molecular complexity index is 498. The summed E-state index contributed by atoms with van der Waals surface area (Å²) in [6.07, 6.45) is 3.77. The third-order valence-electron chi connectivity index (χ3n) is 1.95. The molecule has 0 atom stereocenters. The van der Waals surface area contributed by atoms with Gasteiger partial charge in [-0.05, 0) is 13.0 Å². The van der Waals surface area contributed by atoms with Crippen LogP contribution >= 0.6 is 0 Å². The molecular weight excluding hydrogens is 258 g/mol. The van der Waals surface area contributed by atoms with E-state index in [4.69, 9.17) is 4.74 Å². The number of allylic oxidation sites excluding steroid dienone is 1. The van der Waals surface area contributed by atoms with Gasteiger partial charge in [0, 0.05) is 5.56 Å². The number of rotatable bonds is 7. The number of hydrogen-bond donors (Lipinski definition) is 1. The summed E-state index contributed by atoms with van der Waals surface area (Å²) in [5.41, 5.74) is 0.901. The van der Waals surface area contributed by atoms with E-state index in [0.717, 1.165) is 5.56 Å². The van der Waals surface area contributed by atoms with E-state index in [1.807, 2.05) is 37.3 Å². The Balaban J connectivity index is 2.49. The Morgan fingerprint density at radius 2 is 2.00 bits per heavy atom. The molecule has 0 aliphatic rings. The van der Waals surface area contributed by atoms with Crippen LogP contribution in [-0.2, 0) is 18.9 Å². The molecule has 0 amide bonds. The van der Waals surface area contributed by atoms with Crippen molar-refractivity contribution in [1.29, 1.82) is 0 Å². The zero-order valence-corrected chi connectivity index (χ0v) is 10.7. The molecule has 18 heavy (non-hydrogen) atoms. The molecule has 6 nitrogen and oxygen atoms in total. The van der Waals surface area contributed by atoms with E-state index in [2.05, 4.69) is 14.4 Å². The molecule has 0 radical (unpaired) electrons. The average molecular weight is 273 g/mol. The Morgan fingerprint density at radius 3 is 2.67 bits per heavy atom. The van der Waals surface area contributed by atoms with Gasteiger partial charge in [-0.1, -0.05) is 30.4 Å². The number of para-hydroxylation sites is 1. The van der Waals surface area contributed by atoms with Crippen LogP contribution in [0.5, 0.6) is 5.75 Å². The fourth-order valence-electron chi connectivity index (χ4n) is 1.24. The van der Waals surface area contributed by atoms with Gasteiger partial charge in [0.25, 0.3) is 0 Å². The quantitative estimate of drug-likeness (QED) is 0.594. The maximum Gasteiger partial charge on any atom is 0.416 e. The van der Waals surface area contributed by atoms with Gasteiger partial charge in [0.15, 0.2) is 0 Å². The van der Waals surface area contributed by atoms with Crippen LogP contribution in [0.4, 0.5) is 0 Å². The molecular formula is C11H15NO5S. The summed E-state index contributed by atoms with van der Waals surface area (Å²) in [5.74, 6) is 5.14. The number of benzene rings is 1. The molecule has 0 aromatic heterocycles. The van der Waals surface area contributed by atoms with Gasteiger partial charge in [-0.15, -0.1) is 0 Å². The molecule has 0 aliphatic heterocycles. The van der Waals surface area contributed by atoms with Crippen molar-refractivity contribution in [2.75, 3.05) is 13.2 Å². The molecule has 0 unspecified atom stereocenters. The second kappa shape index (κ2) is 7.12. The molecule has 0 saturated carbocycles. The number of hydrogen-bond acceptors (Lipinski definition) is 6. The maximum absolute atomic E-state index is 10.7. The van der Waals surface area contributed by atoms with Gasteiger partial charge in [-0.3, -0.25) is 0 Å². The minimum absolute atomic E-state index is 0.0666. The molecule has 1 aromatic rings. The standard InChI is InChI=1S/C11H15NO5S/c1-2-5-10-6-3-4-7-11(10)15-8-9-16-18(13,14)17-12/h2-7H,8-9,12H2,1H3/b5-2+. The maximum atomic E-state index is 10.7. The van der Waals surface area contributed by atoms with Gasteiger partial charge >= 0.3 is 10.4 Å². The van der Waals surface area contributed by atoms with Crippen molar-refractivity contribution < 1.29 is 21.6 Å². The molecule has 100 valence electrons. The molecule has 0 spiro atoms. The van der Waals surface area contributed by atoms with E-state index >= 15 is 0 Å². The number of nitrogens with two attached hydrogens (primary N) is 1. The van der Waals surface area contributed by atoms with E-state index in [9.17, 15) is 8.42 Å². The summed E-state index contributed by atoms with van der Waals surface area (Å²) in [4.78, 5) is 0. The first-order chi connectivity index (χ1) is 8.59. The Kier molecular flexibility index (Phi) is 5.79. The van der Waals surface area contributed by atoms with Crippen molar-refractivity contribution in [3.63, 3.8) is 0 Å². The Hall–Kier alpha value is -1.41. The van der Waals surface area contributed by atoms with Crippen molar-refractivity contribution in [2.24, 2.45) is 5.90 Å². The van der Waals surface area contributed by atoms with Crippen molar-refractivity contribution in [2.45, 2.75) is 6.92 Å². The summed E-state index contributed by atoms with van der Waals surface area (Å²) in [6.45, 7) is 1.78. The van der Waals surface area contributed by atoms with Gasteiger partial charge in [0.2, 0.25) is 0 Å². The molecule has 7 heteroatoms. The van der Waals surface area contributed by atoms with Crippen molar-refractivity contribution in [1.82, 2.24) is 0 Å². The SMILES string of the molecule is C/C=C/c1ccccc1OCCOS(=O)(=O)ON. The van der Waals surface area contributed by atoms with Crippen molar-refractivity contribution >= 4 is 16.5 Å². The normalized spacial score (nSPS) is 11.9. The summed E-state index contributed by atoms with van der Waals surface area (Å²) >= 11 is 0. The lowest BCUT2D eigenvalue weighted by Crippen LogP contribution is -2.17. The second-order valence-corrected chi connectivity index (χ2v) is 4.46.